The van der Waals surface area contributed by atoms with Crippen LogP contribution < -0.4 is 0 Å². The second kappa shape index (κ2) is 8.91. The van der Waals surface area contributed by atoms with Gasteiger partial charge in [0.2, 0.25) is 0 Å². The molecule has 4 heteroatoms. The number of fused-ring (bicyclic) bond motifs is 1. The zero-order valence-electron chi connectivity index (χ0n) is 19.0. The quantitative estimate of drug-likeness (QED) is 0.265. The van der Waals surface area contributed by atoms with Gasteiger partial charge in [0.05, 0.1) is 5.56 Å². The van der Waals surface area contributed by atoms with E-state index >= 15 is 0 Å². The standard InChI is InChI=1S/C29H27NO3/c1-19-4-9-21(10-5-19)24-16-17-29(2,3)26-18-23(13-14-25(24)26)27(30-33)15-8-20-6-11-22(12-7-20)28(31)32/h4-16,18,33H,17H2,1-3H3,(H,31,32)/b15-8+,30-27?. The number of carbonyl (C=O) groups is 1. The second-order valence-electron chi connectivity index (χ2n) is 9.08. The molecule has 0 amide bonds. The van der Waals surface area contributed by atoms with Gasteiger partial charge in [0.15, 0.2) is 0 Å². The zero-order chi connectivity index (χ0) is 23.6. The minimum atomic E-state index is -0.959. The Morgan fingerprint density at radius 3 is 2.27 bits per heavy atom. The Labute approximate surface area is 194 Å². The van der Waals surface area contributed by atoms with Crippen molar-refractivity contribution in [3.05, 3.63) is 118 Å². The molecule has 0 aromatic heterocycles. The van der Waals surface area contributed by atoms with Gasteiger partial charge in [-0.2, -0.15) is 0 Å². The van der Waals surface area contributed by atoms with E-state index in [1.54, 1.807) is 30.3 Å². The molecule has 4 nitrogen and oxygen atoms in total. The zero-order valence-corrected chi connectivity index (χ0v) is 19.0. The third-order valence-electron chi connectivity index (χ3n) is 6.21. The summed E-state index contributed by atoms with van der Waals surface area (Å²) in [6.07, 6.45) is 6.78. The summed E-state index contributed by atoms with van der Waals surface area (Å²) in [5.41, 5.74) is 8.37. The molecule has 2 N–H and O–H groups in total. The van der Waals surface area contributed by atoms with E-state index in [-0.39, 0.29) is 11.0 Å². The Morgan fingerprint density at radius 1 is 0.970 bits per heavy atom. The van der Waals surface area contributed by atoms with E-state index in [0.29, 0.717) is 5.71 Å². The van der Waals surface area contributed by atoms with Crippen molar-refractivity contribution in [2.75, 3.05) is 0 Å². The molecule has 3 aromatic rings. The molecule has 0 aliphatic heterocycles. The highest BCUT2D eigenvalue weighted by atomic mass is 16.4. The first-order valence-corrected chi connectivity index (χ1v) is 10.9. The van der Waals surface area contributed by atoms with Crippen LogP contribution in [0.3, 0.4) is 0 Å². The lowest BCUT2D eigenvalue weighted by atomic mass is 9.71. The number of nitrogens with zero attached hydrogens (tertiary/aromatic N) is 1. The van der Waals surface area contributed by atoms with Gasteiger partial charge in [-0.25, -0.2) is 4.79 Å². The Balaban J connectivity index is 1.67. The molecular weight excluding hydrogens is 410 g/mol. The molecule has 166 valence electrons. The minimum absolute atomic E-state index is 0.0452. The van der Waals surface area contributed by atoms with Crippen LogP contribution in [0.2, 0.25) is 0 Å². The van der Waals surface area contributed by atoms with Crippen LogP contribution >= 0.6 is 0 Å². The number of carboxylic acids is 1. The van der Waals surface area contributed by atoms with E-state index in [4.69, 9.17) is 5.11 Å². The van der Waals surface area contributed by atoms with Crippen LogP contribution in [-0.2, 0) is 5.41 Å². The predicted octanol–water partition coefficient (Wildman–Crippen LogP) is 6.70. The van der Waals surface area contributed by atoms with Crippen LogP contribution in [0.1, 0.15) is 64.0 Å². The number of carboxylic acid groups (broad SMARTS) is 1. The van der Waals surface area contributed by atoms with E-state index in [1.165, 1.54) is 27.8 Å². The first-order chi connectivity index (χ1) is 15.8. The molecule has 1 aliphatic carbocycles. The molecule has 4 rings (SSSR count). The molecule has 0 heterocycles. The summed E-state index contributed by atoms with van der Waals surface area (Å²) in [5, 5.41) is 22.3. The summed E-state index contributed by atoms with van der Waals surface area (Å²) in [6.45, 7) is 6.55. The number of hydrogen-bond acceptors (Lipinski definition) is 3. The number of benzene rings is 3. The number of oxime groups is 1. The highest BCUT2D eigenvalue weighted by Gasteiger charge is 2.29. The molecule has 0 unspecified atom stereocenters. The van der Waals surface area contributed by atoms with Crippen molar-refractivity contribution < 1.29 is 15.1 Å². The molecule has 0 atom stereocenters. The van der Waals surface area contributed by atoms with Crippen molar-refractivity contribution >= 4 is 23.3 Å². The molecule has 0 fully saturated rings. The molecule has 0 bridgehead atoms. The molecule has 33 heavy (non-hydrogen) atoms. The third kappa shape index (κ3) is 4.65. The third-order valence-corrected chi connectivity index (χ3v) is 6.21. The Kier molecular flexibility index (Phi) is 6.01. The Morgan fingerprint density at radius 2 is 1.64 bits per heavy atom. The summed E-state index contributed by atoms with van der Waals surface area (Å²) in [5.74, 6) is -0.959. The Hall–Kier alpha value is -3.92. The van der Waals surface area contributed by atoms with Crippen molar-refractivity contribution in [3.8, 4) is 0 Å². The van der Waals surface area contributed by atoms with Gasteiger partial charge in [0.25, 0.3) is 0 Å². The molecule has 0 saturated heterocycles. The highest BCUT2D eigenvalue weighted by molar-refractivity contribution is 6.11. The fourth-order valence-corrected chi connectivity index (χ4v) is 4.18. The smallest absolute Gasteiger partial charge is 0.335 e. The number of allylic oxidation sites excluding steroid dienone is 2. The fraction of sp³-hybridized carbons (Fsp3) is 0.172. The maximum absolute atomic E-state index is 11.0. The highest BCUT2D eigenvalue weighted by Crippen LogP contribution is 2.41. The van der Waals surface area contributed by atoms with E-state index in [9.17, 15) is 10.0 Å². The van der Waals surface area contributed by atoms with Gasteiger partial charge < -0.3 is 10.3 Å². The van der Waals surface area contributed by atoms with Gasteiger partial charge in [-0.05, 0) is 70.9 Å². The average Bonchev–Trinajstić information content (AvgIpc) is 2.81. The van der Waals surface area contributed by atoms with Crippen molar-refractivity contribution in [2.45, 2.75) is 32.6 Å². The number of hydrogen-bond donors (Lipinski definition) is 2. The maximum atomic E-state index is 11.0. The number of rotatable bonds is 5. The van der Waals surface area contributed by atoms with Gasteiger partial charge in [-0.1, -0.05) is 85.2 Å². The lowest BCUT2D eigenvalue weighted by molar-refractivity contribution is 0.0697. The second-order valence-corrected chi connectivity index (χ2v) is 9.08. The SMILES string of the molecule is Cc1ccc(C2=CCC(C)(C)c3cc(C(/C=C/c4ccc(C(=O)O)cc4)=NO)ccc32)cc1. The fourth-order valence-electron chi connectivity index (χ4n) is 4.18. The van der Waals surface area contributed by atoms with Gasteiger partial charge in [-0.15, -0.1) is 0 Å². The lowest BCUT2D eigenvalue weighted by Crippen LogP contribution is -2.22. The summed E-state index contributed by atoms with van der Waals surface area (Å²) in [6, 6.07) is 21.4. The summed E-state index contributed by atoms with van der Waals surface area (Å²) in [4.78, 5) is 11.0. The summed E-state index contributed by atoms with van der Waals surface area (Å²) in [7, 11) is 0. The van der Waals surface area contributed by atoms with Crippen molar-refractivity contribution in [3.63, 3.8) is 0 Å². The van der Waals surface area contributed by atoms with Crippen LogP contribution in [0.15, 0.2) is 84.0 Å². The van der Waals surface area contributed by atoms with E-state index in [0.717, 1.165) is 17.5 Å². The molecule has 1 aliphatic rings. The van der Waals surface area contributed by atoms with Crippen molar-refractivity contribution in [1.82, 2.24) is 0 Å². The van der Waals surface area contributed by atoms with Crippen LogP contribution in [0.25, 0.3) is 11.6 Å². The number of aromatic carboxylic acids is 1. The predicted molar refractivity (Wildman–Crippen MR) is 133 cm³/mol. The number of aryl methyl sites for hydroxylation is 1. The van der Waals surface area contributed by atoms with Crippen LogP contribution in [-0.4, -0.2) is 22.0 Å². The molecule has 0 saturated carbocycles. The monoisotopic (exact) mass is 437 g/mol. The maximum Gasteiger partial charge on any atom is 0.335 e. The van der Waals surface area contributed by atoms with Gasteiger partial charge in [0.1, 0.15) is 5.71 Å². The van der Waals surface area contributed by atoms with E-state index in [1.807, 2.05) is 12.1 Å². The van der Waals surface area contributed by atoms with Crippen LogP contribution in [0.4, 0.5) is 0 Å². The first-order valence-electron chi connectivity index (χ1n) is 10.9. The average molecular weight is 438 g/mol. The lowest BCUT2D eigenvalue weighted by Gasteiger charge is -2.33. The van der Waals surface area contributed by atoms with E-state index < -0.39 is 5.97 Å². The van der Waals surface area contributed by atoms with E-state index in [2.05, 4.69) is 68.4 Å². The topological polar surface area (TPSA) is 69.9 Å². The van der Waals surface area contributed by atoms with Gasteiger partial charge in [0, 0.05) is 5.56 Å². The largest absolute Gasteiger partial charge is 0.478 e. The van der Waals surface area contributed by atoms with Crippen LogP contribution in [0.5, 0.6) is 0 Å². The summed E-state index contributed by atoms with van der Waals surface area (Å²) < 4.78 is 0. The minimum Gasteiger partial charge on any atom is -0.478 e. The van der Waals surface area contributed by atoms with Gasteiger partial charge >= 0.3 is 5.97 Å². The van der Waals surface area contributed by atoms with Gasteiger partial charge in [-0.3, -0.25) is 0 Å². The molecule has 0 spiro atoms. The van der Waals surface area contributed by atoms with Crippen molar-refractivity contribution in [2.24, 2.45) is 5.16 Å². The van der Waals surface area contributed by atoms with Crippen molar-refractivity contribution in [1.29, 1.82) is 0 Å². The molecule has 3 aromatic carbocycles. The molecule has 0 radical (unpaired) electrons. The molecular formula is C29H27NO3. The first kappa shape index (κ1) is 22.3. The van der Waals surface area contributed by atoms with Crippen LogP contribution in [0, 0.1) is 6.92 Å². The summed E-state index contributed by atoms with van der Waals surface area (Å²) >= 11 is 0. The normalized spacial score (nSPS) is 15.2. The Bertz CT molecular complexity index is 1280.